The summed E-state index contributed by atoms with van der Waals surface area (Å²) < 4.78 is 45.9. The number of hydrogen-bond donors (Lipinski definition) is 9. The Labute approximate surface area is 103 Å². The van der Waals surface area contributed by atoms with Crippen molar-refractivity contribution in [2.75, 3.05) is 6.93 Å². The minimum atomic E-state index is -4.64. The quantitative estimate of drug-likeness (QED) is 0.217. The standard InChI is InChI=1S/CH2F2.FH.3H3O4P/c2-1-3;;3*1-5(2,3)4/h1H2;1H;3*(H3,1,2,3,4). The highest BCUT2D eigenvalue weighted by atomic mass is 31.2. The molecule has 0 radical (unpaired) electrons. The molecule has 0 aliphatic heterocycles. The molecule has 0 aromatic carbocycles. The van der Waals surface area contributed by atoms with E-state index in [0.29, 0.717) is 0 Å². The highest BCUT2D eigenvalue weighted by Crippen LogP contribution is 2.26. The topological polar surface area (TPSA) is 233 Å². The maximum atomic E-state index is 9.62. The van der Waals surface area contributed by atoms with Gasteiger partial charge in [0.1, 0.15) is 0 Å². The van der Waals surface area contributed by atoms with E-state index >= 15 is 0 Å². The molecule has 19 heavy (non-hydrogen) atoms. The Morgan fingerprint density at radius 2 is 0.579 bits per heavy atom. The third kappa shape index (κ3) is 327000. The van der Waals surface area contributed by atoms with Gasteiger partial charge in [-0.05, 0) is 0 Å². The van der Waals surface area contributed by atoms with Gasteiger partial charge in [0.2, 0.25) is 6.93 Å². The maximum Gasteiger partial charge on any atom is 0.466 e. The Bertz CT molecular complexity index is 227. The van der Waals surface area contributed by atoms with E-state index in [1.54, 1.807) is 0 Å². The first-order chi connectivity index (χ1) is 7.41. The van der Waals surface area contributed by atoms with Gasteiger partial charge >= 0.3 is 23.5 Å². The van der Waals surface area contributed by atoms with Crippen LogP contribution in [0.25, 0.3) is 0 Å². The van der Waals surface area contributed by atoms with Crippen LogP contribution >= 0.6 is 23.5 Å². The number of halogens is 3. The van der Waals surface area contributed by atoms with Gasteiger partial charge in [0.05, 0.1) is 0 Å². The normalized spacial score (nSPS) is 10.3. The Morgan fingerprint density at radius 3 is 0.579 bits per heavy atom. The van der Waals surface area contributed by atoms with Crippen molar-refractivity contribution in [1.82, 2.24) is 0 Å². The second kappa shape index (κ2) is 14.5. The summed E-state index contributed by atoms with van der Waals surface area (Å²) >= 11 is 0. The van der Waals surface area contributed by atoms with E-state index in [4.69, 9.17) is 57.7 Å². The van der Waals surface area contributed by atoms with Crippen LogP contribution in [0.5, 0.6) is 0 Å². The largest absolute Gasteiger partial charge is 0.466 e. The molecule has 0 aliphatic rings. The van der Waals surface area contributed by atoms with Crippen molar-refractivity contribution in [3.05, 3.63) is 0 Å². The molecule has 0 amide bonds. The molecule has 0 bridgehead atoms. The summed E-state index contributed by atoms with van der Waals surface area (Å²) in [5, 5.41) is 0. The maximum absolute atomic E-state index is 9.62. The molecule has 12 nitrogen and oxygen atoms in total. The molecule has 0 fully saturated rings. The van der Waals surface area contributed by atoms with Gasteiger partial charge in [-0.2, -0.15) is 0 Å². The monoisotopic (exact) mass is 366 g/mol. The van der Waals surface area contributed by atoms with Crippen LogP contribution in [0.4, 0.5) is 13.5 Å². The lowest BCUT2D eigenvalue weighted by Gasteiger charge is -1.82. The molecule has 0 aromatic heterocycles. The SMILES string of the molecule is F.FCF.O=P(O)(O)O.O=P(O)(O)O.O=P(O)(O)O. The summed E-state index contributed by atoms with van der Waals surface area (Å²) in [6.07, 6.45) is 0. The summed E-state index contributed by atoms with van der Waals surface area (Å²) in [6, 6.07) is 0. The van der Waals surface area contributed by atoms with Crippen molar-refractivity contribution in [2.45, 2.75) is 0 Å². The molecule has 0 saturated heterocycles. The fourth-order valence-corrected chi connectivity index (χ4v) is 0. The van der Waals surface area contributed by atoms with Crippen LogP contribution in [0, 0.1) is 0 Å². The molecule has 0 aliphatic carbocycles. The summed E-state index contributed by atoms with van der Waals surface area (Å²) in [7, 11) is -13.9. The van der Waals surface area contributed by atoms with Crippen LogP contribution in [-0.4, -0.2) is 51.0 Å². The predicted molar refractivity (Wildman–Crippen MR) is 52.4 cm³/mol. The van der Waals surface area contributed by atoms with Gasteiger partial charge in [-0.1, -0.05) is 0 Å². The third-order valence-corrected chi connectivity index (χ3v) is 0. The fraction of sp³-hybridized carbons (Fsp3) is 1.00. The lowest BCUT2D eigenvalue weighted by Crippen LogP contribution is -1.66. The first-order valence-corrected chi connectivity index (χ1v) is 7.58. The minimum Gasteiger partial charge on any atom is -0.303 e. The Balaban J connectivity index is -0.0000000458. The Kier molecular flexibility index (Phi) is 24.1. The second-order valence-electron chi connectivity index (χ2n) is 1.64. The highest BCUT2D eigenvalue weighted by molar-refractivity contribution is 7.45. The zero-order valence-electron chi connectivity index (χ0n) is 8.46. The molecule has 0 atom stereocenters. The van der Waals surface area contributed by atoms with Crippen LogP contribution in [0.1, 0.15) is 0 Å². The molecule has 0 rings (SSSR count). The molecule has 0 unspecified atom stereocenters. The van der Waals surface area contributed by atoms with Gasteiger partial charge < -0.3 is 44.0 Å². The van der Waals surface area contributed by atoms with Crippen LogP contribution in [0.15, 0.2) is 0 Å². The van der Waals surface area contributed by atoms with E-state index in [-0.39, 0.29) is 4.70 Å². The summed E-state index contributed by atoms with van der Waals surface area (Å²) in [5.41, 5.74) is 0. The zero-order valence-corrected chi connectivity index (χ0v) is 11.1. The summed E-state index contributed by atoms with van der Waals surface area (Å²) in [4.78, 5) is 64.7. The van der Waals surface area contributed by atoms with Gasteiger partial charge in [-0.3, -0.25) is 4.70 Å². The number of hydrogen-bond acceptors (Lipinski definition) is 3. The average molecular weight is 366 g/mol. The third-order valence-electron chi connectivity index (χ3n) is 0. The van der Waals surface area contributed by atoms with E-state index in [9.17, 15) is 8.78 Å². The molecular weight excluding hydrogens is 354 g/mol. The number of rotatable bonds is 0. The number of phosphoric acid groups is 3. The van der Waals surface area contributed by atoms with Crippen molar-refractivity contribution in [1.29, 1.82) is 0 Å². The van der Waals surface area contributed by atoms with Crippen molar-refractivity contribution in [3.8, 4) is 0 Å². The molecule has 18 heteroatoms. The Morgan fingerprint density at radius 1 is 0.579 bits per heavy atom. The van der Waals surface area contributed by atoms with Gasteiger partial charge in [0.25, 0.3) is 0 Å². The van der Waals surface area contributed by atoms with Crippen LogP contribution in [0.2, 0.25) is 0 Å². The molecule has 0 aromatic rings. The first kappa shape index (κ1) is 31.5. The summed E-state index contributed by atoms with van der Waals surface area (Å²) in [6.45, 7) is -1.75. The van der Waals surface area contributed by atoms with Crippen LogP contribution < -0.4 is 0 Å². The minimum absolute atomic E-state index is 0. The second-order valence-corrected chi connectivity index (χ2v) is 4.72. The highest BCUT2D eigenvalue weighted by Gasteiger charge is 2.01. The molecule has 0 heterocycles. The molecule has 9 N–H and O–H groups in total. The zero-order chi connectivity index (χ0) is 16.2. The summed E-state index contributed by atoms with van der Waals surface area (Å²) in [5.74, 6) is 0. The van der Waals surface area contributed by atoms with Crippen molar-refractivity contribution in [2.24, 2.45) is 0 Å². The lowest BCUT2D eigenvalue weighted by atomic mass is 11.7. The average Bonchev–Trinajstić information content (AvgIpc) is 1.71. The molecule has 124 valence electrons. The van der Waals surface area contributed by atoms with E-state index in [2.05, 4.69) is 0 Å². The van der Waals surface area contributed by atoms with Gasteiger partial charge in [0, 0.05) is 0 Å². The fourth-order valence-electron chi connectivity index (χ4n) is 0. The molecule has 0 spiro atoms. The van der Waals surface area contributed by atoms with Crippen molar-refractivity contribution in [3.63, 3.8) is 0 Å². The molecule has 0 saturated carbocycles. The molecular formula is CH12F3O12P3. The van der Waals surface area contributed by atoms with Crippen molar-refractivity contribution >= 4 is 23.5 Å². The first-order valence-electron chi connectivity index (χ1n) is 2.88. The van der Waals surface area contributed by atoms with Crippen molar-refractivity contribution < 1.29 is 71.2 Å². The smallest absolute Gasteiger partial charge is 0.303 e. The van der Waals surface area contributed by atoms with E-state index in [1.165, 1.54) is 0 Å². The van der Waals surface area contributed by atoms with E-state index in [1.807, 2.05) is 0 Å². The van der Waals surface area contributed by atoms with Gasteiger partial charge in [0.15, 0.2) is 0 Å². The van der Waals surface area contributed by atoms with Gasteiger partial charge in [-0.15, -0.1) is 0 Å². The predicted octanol–water partition coefficient (Wildman–Crippen LogP) is -1.75. The lowest BCUT2D eigenvalue weighted by molar-refractivity contribution is 0.272. The van der Waals surface area contributed by atoms with E-state index in [0.717, 1.165) is 0 Å². The number of alkyl halides is 2. The van der Waals surface area contributed by atoms with Crippen LogP contribution in [0.3, 0.4) is 0 Å². The van der Waals surface area contributed by atoms with Gasteiger partial charge in [-0.25, -0.2) is 22.5 Å². The Hall–Kier alpha value is 0.120. The van der Waals surface area contributed by atoms with E-state index < -0.39 is 30.4 Å². The van der Waals surface area contributed by atoms with Crippen LogP contribution in [-0.2, 0) is 13.7 Å².